The molecule has 0 aliphatic rings. The summed E-state index contributed by atoms with van der Waals surface area (Å²) in [6.45, 7) is 2.14. The molecule has 0 aromatic heterocycles. The van der Waals surface area contributed by atoms with E-state index >= 15 is 0 Å². The molecule has 0 aliphatic carbocycles. The van der Waals surface area contributed by atoms with Gasteiger partial charge in [0, 0.05) is 12.8 Å². The average molecular weight is 821 g/mol. The van der Waals surface area contributed by atoms with Gasteiger partial charge >= 0.3 is 19.8 Å². The van der Waals surface area contributed by atoms with Gasteiger partial charge in [0.05, 0.1) is 19.8 Å². The molecule has 0 fully saturated rings. The summed E-state index contributed by atoms with van der Waals surface area (Å²) in [6, 6.07) is 0. The Hall–Kier alpha value is -2.85. The summed E-state index contributed by atoms with van der Waals surface area (Å²) >= 11 is 0. The number of aliphatic hydroxyl groups is 2. The van der Waals surface area contributed by atoms with E-state index in [1.54, 1.807) is 0 Å². The fourth-order valence-electron chi connectivity index (χ4n) is 5.25. The Morgan fingerprint density at radius 1 is 0.544 bits per heavy atom. The molecule has 57 heavy (non-hydrogen) atoms. The van der Waals surface area contributed by atoms with Crippen LogP contribution in [0.4, 0.5) is 0 Å². The molecular weight excluding hydrogens is 743 g/mol. The van der Waals surface area contributed by atoms with Crippen LogP contribution in [0.25, 0.3) is 0 Å². The van der Waals surface area contributed by atoms with Crippen molar-refractivity contribution in [2.45, 2.75) is 167 Å². The first-order chi connectivity index (χ1) is 27.7. The van der Waals surface area contributed by atoms with Crippen LogP contribution in [-0.4, -0.2) is 65.7 Å². The van der Waals surface area contributed by atoms with E-state index in [1.165, 1.54) is 57.8 Å². The van der Waals surface area contributed by atoms with Gasteiger partial charge in [0.15, 0.2) is 6.10 Å². The lowest BCUT2D eigenvalue weighted by Gasteiger charge is -2.20. The minimum Gasteiger partial charge on any atom is -0.462 e. The van der Waals surface area contributed by atoms with Gasteiger partial charge < -0.3 is 24.6 Å². The van der Waals surface area contributed by atoms with Crippen LogP contribution in [0.3, 0.4) is 0 Å². The molecular formula is C46H77O10P. The van der Waals surface area contributed by atoms with Gasteiger partial charge in [-0.05, 0) is 77.0 Å². The lowest BCUT2D eigenvalue weighted by Crippen LogP contribution is -2.29. The van der Waals surface area contributed by atoms with E-state index in [-0.39, 0.29) is 19.4 Å². The number of phosphoric acid groups is 1. The number of hydrogen-bond acceptors (Lipinski definition) is 9. The Kier molecular flexibility index (Phi) is 39.2. The fourth-order valence-corrected chi connectivity index (χ4v) is 6.04. The van der Waals surface area contributed by atoms with E-state index in [9.17, 15) is 24.2 Å². The molecule has 0 saturated carbocycles. The molecule has 1 unspecified atom stereocenters. The lowest BCUT2D eigenvalue weighted by molar-refractivity contribution is -0.161. The smallest absolute Gasteiger partial charge is 0.462 e. The molecule has 0 aromatic carbocycles. The van der Waals surface area contributed by atoms with Gasteiger partial charge in [-0.3, -0.25) is 18.6 Å². The molecule has 0 radical (unpaired) electrons. The number of hydrogen-bond donors (Lipinski definition) is 3. The minimum atomic E-state index is -4.64. The van der Waals surface area contributed by atoms with Crippen LogP contribution in [0.15, 0.2) is 85.1 Å². The topological polar surface area (TPSA) is 149 Å². The molecule has 3 atom stereocenters. The summed E-state index contributed by atoms with van der Waals surface area (Å²) in [5.41, 5.74) is 0. The van der Waals surface area contributed by atoms with Crippen LogP contribution >= 0.6 is 7.82 Å². The number of phosphoric ester groups is 1. The minimum absolute atomic E-state index is 0.108. The highest BCUT2D eigenvalue weighted by Gasteiger charge is 2.27. The lowest BCUT2D eigenvalue weighted by atomic mass is 10.1. The number of ether oxygens (including phenoxy) is 2. The van der Waals surface area contributed by atoms with Crippen molar-refractivity contribution in [3.05, 3.63) is 85.1 Å². The predicted molar refractivity (Wildman–Crippen MR) is 233 cm³/mol. The molecule has 0 bridgehead atoms. The molecule has 11 heteroatoms. The van der Waals surface area contributed by atoms with E-state index in [0.717, 1.165) is 57.8 Å². The molecule has 0 aromatic rings. The molecule has 10 nitrogen and oxygen atoms in total. The summed E-state index contributed by atoms with van der Waals surface area (Å²) in [7, 11) is -4.64. The zero-order valence-corrected chi connectivity index (χ0v) is 36.2. The number of rotatable bonds is 39. The van der Waals surface area contributed by atoms with E-state index < -0.39 is 51.8 Å². The summed E-state index contributed by atoms with van der Waals surface area (Å²) in [5.74, 6) is -1.06. The summed E-state index contributed by atoms with van der Waals surface area (Å²) in [4.78, 5) is 34.9. The molecule has 3 N–H and O–H groups in total. The van der Waals surface area contributed by atoms with Gasteiger partial charge in [-0.25, -0.2) is 4.57 Å². The van der Waals surface area contributed by atoms with Crippen LogP contribution < -0.4 is 0 Å². The summed E-state index contributed by atoms with van der Waals surface area (Å²) in [5, 5.41) is 18.3. The largest absolute Gasteiger partial charge is 0.472 e. The van der Waals surface area contributed by atoms with E-state index in [1.807, 2.05) is 12.2 Å². The molecule has 0 amide bonds. The second-order valence-corrected chi connectivity index (χ2v) is 15.4. The quantitative estimate of drug-likeness (QED) is 0.0237. The van der Waals surface area contributed by atoms with E-state index in [2.05, 4.69) is 91.3 Å². The molecule has 0 aliphatic heterocycles. The highest BCUT2D eigenvalue weighted by Crippen LogP contribution is 2.43. The summed E-state index contributed by atoms with van der Waals surface area (Å²) in [6.07, 6.45) is 48.5. The van der Waals surface area contributed by atoms with Gasteiger partial charge in [-0.1, -0.05) is 150 Å². The Bertz CT molecular complexity index is 1220. The molecule has 0 rings (SSSR count). The first-order valence-corrected chi connectivity index (χ1v) is 23.0. The van der Waals surface area contributed by atoms with Crippen molar-refractivity contribution < 1.29 is 47.8 Å². The number of allylic oxidation sites excluding steroid dienone is 14. The van der Waals surface area contributed by atoms with E-state index in [0.29, 0.717) is 12.8 Å². The number of carbonyl (C=O) groups is 2. The predicted octanol–water partition coefficient (Wildman–Crippen LogP) is 11.4. The monoisotopic (exact) mass is 821 g/mol. The van der Waals surface area contributed by atoms with Crippen LogP contribution in [-0.2, 0) is 32.7 Å². The number of carbonyl (C=O) groups excluding carboxylic acids is 2. The van der Waals surface area contributed by atoms with Crippen molar-refractivity contribution in [2.75, 3.05) is 26.4 Å². The van der Waals surface area contributed by atoms with Gasteiger partial charge in [0.25, 0.3) is 0 Å². The van der Waals surface area contributed by atoms with Crippen molar-refractivity contribution >= 4 is 19.8 Å². The maximum absolute atomic E-state index is 12.6. The Morgan fingerprint density at radius 3 is 1.53 bits per heavy atom. The maximum atomic E-state index is 12.6. The fraction of sp³-hybridized carbons (Fsp3) is 0.652. The van der Waals surface area contributed by atoms with Gasteiger partial charge in [0.1, 0.15) is 12.7 Å². The van der Waals surface area contributed by atoms with Gasteiger partial charge in [-0.15, -0.1) is 0 Å². The number of unbranched alkanes of at least 4 members (excludes halogenated alkanes) is 11. The molecule has 0 saturated heterocycles. The summed E-state index contributed by atoms with van der Waals surface area (Å²) < 4.78 is 32.6. The third-order valence-electron chi connectivity index (χ3n) is 8.55. The number of aliphatic hydroxyl groups excluding tert-OH is 2. The van der Waals surface area contributed by atoms with Crippen LogP contribution in [0.2, 0.25) is 0 Å². The van der Waals surface area contributed by atoms with Crippen LogP contribution in [0.5, 0.6) is 0 Å². The van der Waals surface area contributed by atoms with Crippen molar-refractivity contribution in [3.8, 4) is 0 Å². The highest BCUT2D eigenvalue weighted by atomic mass is 31.2. The average Bonchev–Trinajstić information content (AvgIpc) is 3.20. The van der Waals surface area contributed by atoms with Crippen molar-refractivity contribution in [3.63, 3.8) is 0 Å². The van der Waals surface area contributed by atoms with Crippen molar-refractivity contribution in [1.29, 1.82) is 0 Å². The zero-order chi connectivity index (χ0) is 41.9. The first kappa shape index (κ1) is 54.2. The van der Waals surface area contributed by atoms with Crippen molar-refractivity contribution in [2.24, 2.45) is 0 Å². The number of esters is 2. The molecule has 0 heterocycles. The van der Waals surface area contributed by atoms with Crippen LogP contribution in [0, 0.1) is 0 Å². The molecule has 0 spiro atoms. The standard InChI is InChI=1S/C46H77O10P/c1-3-5-7-9-11-13-15-17-19-20-21-22-24-25-27-29-31-33-35-37-45(49)53-41-44(42-55-57(51,52)54-40-43(48)39-47)56-46(50)38-36-34-32-30-28-26-23-18-16-14-12-10-8-6-4-2/h5,7,11,13,17,19,21-22,25,27-28,30-31,33,43-44,47-48H,3-4,6,8-10,12,14-16,18,20,23-24,26,29,32,34-42H2,1-2H3,(H,51,52)/b7-5+,13-11+,19-17+,22-21+,27-25+,30-28+,33-31+/t43-,44+/m0/s1. The Labute approximate surface area is 345 Å². The Balaban J connectivity index is 4.47. The van der Waals surface area contributed by atoms with Gasteiger partial charge in [0.2, 0.25) is 0 Å². The highest BCUT2D eigenvalue weighted by molar-refractivity contribution is 7.47. The van der Waals surface area contributed by atoms with E-state index in [4.69, 9.17) is 19.1 Å². The van der Waals surface area contributed by atoms with Gasteiger partial charge in [-0.2, -0.15) is 0 Å². The van der Waals surface area contributed by atoms with Crippen LogP contribution in [0.1, 0.15) is 155 Å². The zero-order valence-electron chi connectivity index (χ0n) is 35.3. The normalized spacial score (nSPS) is 14.7. The third-order valence-corrected chi connectivity index (χ3v) is 9.50. The maximum Gasteiger partial charge on any atom is 0.472 e. The second-order valence-electron chi connectivity index (χ2n) is 14.0. The first-order valence-electron chi connectivity index (χ1n) is 21.5. The third kappa shape index (κ3) is 41.1. The van der Waals surface area contributed by atoms with Crippen molar-refractivity contribution in [1.82, 2.24) is 0 Å². The SMILES string of the molecule is CC/C=C/C/C=C/C/C=C/C/C=C/C/C=C/C/C=C/CCC(=O)OC[C@H](COP(=O)(O)OC[C@@H](O)CO)OC(=O)CCCC/C=C/CCCCCCCCCCC. The second kappa shape index (κ2) is 41.3. The Morgan fingerprint density at radius 2 is 1.00 bits per heavy atom. The molecule has 326 valence electrons.